The summed E-state index contributed by atoms with van der Waals surface area (Å²) in [5.41, 5.74) is 0. The van der Waals surface area contributed by atoms with Crippen LogP contribution in [0.2, 0.25) is 0 Å². The highest BCUT2D eigenvalue weighted by Gasteiger charge is 2.17. The Morgan fingerprint density at radius 2 is 1.38 bits per heavy atom. The average molecular weight is 220 g/mol. The molecule has 0 aliphatic heterocycles. The molecule has 13 heavy (non-hydrogen) atoms. The summed E-state index contributed by atoms with van der Waals surface area (Å²) in [6.45, 7) is 4.25. The van der Waals surface area contributed by atoms with Crippen molar-refractivity contribution in [3.63, 3.8) is 0 Å². The van der Waals surface area contributed by atoms with E-state index in [1.54, 1.807) is 23.5 Å². The van der Waals surface area contributed by atoms with E-state index in [9.17, 15) is 9.59 Å². The first-order valence-corrected chi connectivity index (χ1v) is 6.24. The Kier molecular flexibility index (Phi) is 7.47. The van der Waals surface area contributed by atoms with Gasteiger partial charge in [0.2, 0.25) is 0 Å². The van der Waals surface area contributed by atoms with Crippen molar-refractivity contribution in [1.82, 2.24) is 0 Å². The third kappa shape index (κ3) is 8.37. The molecule has 0 amide bonds. The van der Waals surface area contributed by atoms with Gasteiger partial charge in [-0.15, -0.1) is 23.5 Å². The van der Waals surface area contributed by atoms with Crippen LogP contribution in [0.25, 0.3) is 0 Å². The second-order valence-corrected chi connectivity index (χ2v) is 6.70. The Morgan fingerprint density at radius 3 is 1.69 bits per heavy atom. The minimum Gasteiger partial charge on any atom is -0.303 e. The van der Waals surface area contributed by atoms with Crippen LogP contribution in [0.5, 0.6) is 0 Å². The number of carbonyl (C=O) groups is 2. The van der Waals surface area contributed by atoms with Gasteiger partial charge in [0.1, 0.15) is 12.6 Å². The second-order valence-electron chi connectivity index (χ2n) is 3.01. The van der Waals surface area contributed by atoms with Crippen molar-refractivity contribution in [1.29, 1.82) is 0 Å². The molecule has 76 valence electrons. The van der Waals surface area contributed by atoms with Gasteiger partial charge in [-0.05, 0) is 13.8 Å². The minimum absolute atomic E-state index is 0.117. The summed E-state index contributed by atoms with van der Waals surface area (Å²) in [6, 6.07) is 0. The van der Waals surface area contributed by atoms with Crippen LogP contribution >= 0.6 is 23.5 Å². The first kappa shape index (κ1) is 13.0. The van der Waals surface area contributed by atoms with Gasteiger partial charge < -0.3 is 9.59 Å². The summed E-state index contributed by atoms with van der Waals surface area (Å²) in [5.74, 6) is 1.73. The number of rotatable bonds is 8. The fourth-order valence-corrected chi connectivity index (χ4v) is 2.99. The minimum atomic E-state index is 0.117. The predicted molar refractivity (Wildman–Crippen MR) is 60.4 cm³/mol. The number of hydrogen-bond donors (Lipinski definition) is 0. The van der Waals surface area contributed by atoms with Gasteiger partial charge in [-0.25, -0.2) is 0 Å². The third-order valence-electron chi connectivity index (χ3n) is 1.37. The molecule has 0 fully saturated rings. The summed E-state index contributed by atoms with van der Waals surface area (Å²) in [7, 11) is 0. The zero-order valence-corrected chi connectivity index (χ0v) is 9.75. The first-order valence-electron chi connectivity index (χ1n) is 4.27. The standard InChI is InChI=1S/C9H16O2S2/c1-9(2,12-7-3-5-10)13-8-4-6-11/h5-6H,3-4,7-8H2,1-2H3. The van der Waals surface area contributed by atoms with Crippen molar-refractivity contribution in [3.05, 3.63) is 0 Å². The Bertz CT molecular complexity index is 142. The van der Waals surface area contributed by atoms with E-state index in [1.807, 2.05) is 0 Å². The number of hydrogen-bond acceptors (Lipinski definition) is 4. The molecule has 0 heterocycles. The molecule has 0 bridgehead atoms. The second kappa shape index (κ2) is 7.44. The molecule has 0 aromatic heterocycles. The molecule has 0 radical (unpaired) electrons. The fourth-order valence-electron chi connectivity index (χ4n) is 0.747. The molecular formula is C9H16O2S2. The van der Waals surface area contributed by atoms with E-state index in [-0.39, 0.29) is 4.08 Å². The summed E-state index contributed by atoms with van der Waals surface area (Å²) in [4.78, 5) is 20.2. The molecule has 0 unspecified atom stereocenters. The van der Waals surface area contributed by atoms with Crippen molar-refractivity contribution < 1.29 is 9.59 Å². The van der Waals surface area contributed by atoms with Gasteiger partial charge in [0.05, 0.1) is 4.08 Å². The quantitative estimate of drug-likeness (QED) is 0.357. The Labute approximate surface area is 88.2 Å². The highest BCUT2D eigenvalue weighted by molar-refractivity contribution is 8.18. The number of thioether (sulfide) groups is 2. The summed E-state index contributed by atoms with van der Waals surface area (Å²) < 4.78 is 0.117. The lowest BCUT2D eigenvalue weighted by Crippen LogP contribution is -2.11. The molecule has 0 aromatic rings. The van der Waals surface area contributed by atoms with E-state index in [0.29, 0.717) is 12.8 Å². The zero-order valence-electron chi connectivity index (χ0n) is 8.12. The fraction of sp³-hybridized carbons (Fsp3) is 0.778. The first-order chi connectivity index (χ1) is 6.12. The maximum Gasteiger partial charge on any atom is 0.120 e. The highest BCUT2D eigenvalue weighted by Crippen LogP contribution is 2.36. The van der Waals surface area contributed by atoms with Crippen LogP contribution in [-0.4, -0.2) is 28.2 Å². The molecule has 0 N–H and O–H groups in total. The van der Waals surface area contributed by atoms with Gasteiger partial charge in [0.25, 0.3) is 0 Å². The van der Waals surface area contributed by atoms with Gasteiger partial charge in [-0.2, -0.15) is 0 Å². The highest BCUT2D eigenvalue weighted by atomic mass is 32.2. The van der Waals surface area contributed by atoms with Crippen LogP contribution in [-0.2, 0) is 9.59 Å². The van der Waals surface area contributed by atoms with E-state index in [1.165, 1.54) is 0 Å². The van der Waals surface area contributed by atoms with Gasteiger partial charge in [-0.1, -0.05) is 0 Å². The SMILES string of the molecule is CC(C)(SCCC=O)SCCC=O. The van der Waals surface area contributed by atoms with Gasteiger partial charge in [0.15, 0.2) is 0 Å². The normalized spacial score (nSPS) is 11.2. The summed E-state index contributed by atoms with van der Waals surface area (Å²) in [6.07, 6.45) is 3.11. The molecule has 0 aliphatic carbocycles. The molecule has 0 aliphatic rings. The lowest BCUT2D eigenvalue weighted by Gasteiger charge is -2.22. The third-order valence-corrected chi connectivity index (χ3v) is 4.35. The zero-order chi connectivity index (χ0) is 10.2. The Hall–Kier alpha value is 0.0400. The van der Waals surface area contributed by atoms with Crippen LogP contribution in [0.1, 0.15) is 26.7 Å². The summed E-state index contributed by atoms with van der Waals surface area (Å²) >= 11 is 3.54. The van der Waals surface area contributed by atoms with Crippen molar-refractivity contribution in [2.45, 2.75) is 30.8 Å². The molecule has 0 spiro atoms. The molecule has 0 saturated carbocycles. The van der Waals surface area contributed by atoms with Crippen LogP contribution in [0.15, 0.2) is 0 Å². The smallest absolute Gasteiger partial charge is 0.120 e. The molecule has 2 nitrogen and oxygen atoms in total. The van der Waals surface area contributed by atoms with Gasteiger partial charge in [-0.3, -0.25) is 0 Å². The van der Waals surface area contributed by atoms with Crippen molar-refractivity contribution in [3.8, 4) is 0 Å². The van der Waals surface area contributed by atoms with Crippen LogP contribution in [0, 0.1) is 0 Å². The number of aldehydes is 2. The van der Waals surface area contributed by atoms with Crippen molar-refractivity contribution in [2.24, 2.45) is 0 Å². The van der Waals surface area contributed by atoms with Crippen molar-refractivity contribution >= 4 is 36.1 Å². The topological polar surface area (TPSA) is 34.1 Å². The molecule has 4 heteroatoms. The molecule has 0 saturated heterocycles. The maximum absolute atomic E-state index is 10.1. The average Bonchev–Trinajstić information content (AvgIpc) is 2.05. The van der Waals surface area contributed by atoms with Gasteiger partial charge >= 0.3 is 0 Å². The molecule has 0 atom stereocenters. The lowest BCUT2D eigenvalue weighted by atomic mass is 10.5. The number of carbonyl (C=O) groups excluding carboxylic acids is 2. The lowest BCUT2D eigenvalue weighted by molar-refractivity contribution is -0.108. The van der Waals surface area contributed by atoms with Crippen LogP contribution in [0.4, 0.5) is 0 Å². The molecule has 0 aromatic carbocycles. The monoisotopic (exact) mass is 220 g/mol. The Morgan fingerprint density at radius 1 is 1.00 bits per heavy atom. The molecular weight excluding hydrogens is 204 g/mol. The van der Waals surface area contributed by atoms with Gasteiger partial charge in [0, 0.05) is 24.3 Å². The molecule has 0 rings (SSSR count). The van der Waals surface area contributed by atoms with Crippen LogP contribution < -0.4 is 0 Å². The maximum atomic E-state index is 10.1. The van der Waals surface area contributed by atoms with E-state index < -0.39 is 0 Å². The van der Waals surface area contributed by atoms with Crippen LogP contribution in [0.3, 0.4) is 0 Å². The van der Waals surface area contributed by atoms with Crippen molar-refractivity contribution in [2.75, 3.05) is 11.5 Å². The largest absolute Gasteiger partial charge is 0.303 e. The summed E-state index contributed by atoms with van der Waals surface area (Å²) in [5, 5.41) is 0. The van der Waals surface area contributed by atoms with E-state index in [0.717, 1.165) is 24.1 Å². The van der Waals surface area contributed by atoms with E-state index >= 15 is 0 Å². The predicted octanol–water partition coefficient (Wildman–Crippen LogP) is 2.37. The van der Waals surface area contributed by atoms with E-state index in [4.69, 9.17) is 0 Å². The Balaban J connectivity index is 3.52. The van der Waals surface area contributed by atoms with E-state index in [2.05, 4.69) is 13.8 Å².